The van der Waals surface area contributed by atoms with Crippen LogP contribution in [0, 0.1) is 10.1 Å². The van der Waals surface area contributed by atoms with E-state index in [0.29, 0.717) is 5.69 Å². The summed E-state index contributed by atoms with van der Waals surface area (Å²) in [5.41, 5.74) is 0.102. The molecule has 0 unspecified atom stereocenters. The molecule has 154 valence electrons. The van der Waals surface area contributed by atoms with Crippen LogP contribution in [0.4, 0.5) is 20.2 Å². The Morgan fingerprint density at radius 1 is 1.03 bits per heavy atom. The molecule has 9 nitrogen and oxygen atoms in total. The molecule has 0 saturated heterocycles. The van der Waals surface area contributed by atoms with Gasteiger partial charge in [-0.2, -0.15) is 8.78 Å². The van der Waals surface area contributed by atoms with Crippen LogP contribution in [0.2, 0.25) is 0 Å². The highest BCUT2D eigenvalue weighted by molar-refractivity contribution is 5.98. The number of nitrogens with zero attached hydrogens (tertiary/aromatic N) is 1. The second-order valence-electron chi connectivity index (χ2n) is 5.61. The quantitative estimate of drug-likeness (QED) is 0.315. The van der Waals surface area contributed by atoms with Gasteiger partial charge in [-0.15, -0.1) is 0 Å². The van der Waals surface area contributed by atoms with E-state index in [0.717, 1.165) is 0 Å². The molecule has 0 saturated carbocycles. The van der Waals surface area contributed by atoms with Gasteiger partial charge in [-0.1, -0.05) is 24.3 Å². The number of nitrogens with one attached hydrogen (secondary N) is 3. The molecule has 2 rings (SSSR count). The van der Waals surface area contributed by atoms with E-state index in [2.05, 4.69) is 20.7 Å². The average Bonchev–Trinajstić information content (AvgIpc) is 2.69. The molecular weight excluding hydrogens is 390 g/mol. The van der Waals surface area contributed by atoms with E-state index in [-0.39, 0.29) is 36.6 Å². The molecule has 0 radical (unpaired) electrons. The van der Waals surface area contributed by atoms with E-state index in [1.807, 2.05) is 0 Å². The number of carbonyl (C=O) groups excluding carboxylic acids is 2. The third-order valence-corrected chi connectivity index (χ3v) is 3.62. The molecule has 0 aromatic heterocycles. The fourth-order valence-corrected chi connectivity index (χ4v) is 2.35. The number of rotatable bonds is 10. The molecule has 0 aliphatic heterocycles. The van der Waals surface area contributed by atoms with Gasteiger partial charge in [-0.05, 0) is 18.2 Å². The maximum absolute atomic E-state index is 12.4. The second-order valence-corrected chi connectivity index (χ2v) is 5.61. The number of amides is 2. The molecule has 2 aromatic rings. The van der Waals surface area contributed by atoms with Gasteiger partial charge in [0.1, 0.15) is 11.4 Å². The van der Waals surface area contributed by atoms with Gasteiger partial charge in [0.05, 0.1) is 17.0 Å². The highest BCUT2D eigenvalue weighted by atomic mass is 19.3. The smallest absolute Gasteiger partial charge is 0.387 e. The van der Waals surface area contributed by atoms with Crippen molar-refractivity contribution < 1.29 is 28.0 Å². The fourth-order valence-electron chi connectivity index (χ4n) is 2.35. The van der Waals surface area contributed by atoms with Crippen molar-refractivity contribution in [3.8, 4) is 5.75 Å². The predicted molar refractivity (Wildman–Crippen MR) is 100 cm³/mol. The Labute approximate surface area is 164 Å². The van der Waals surface area contributed by atoms with E-state index in [1.54, 1.807) is 12.1 Å². The predicted octanol–water partition coefficient (Wildman–Crippen LogP) is 2.15. The van der Waals surface area contributed by atoms with Crippen LogP contribution in [-0.4, -0.2) is 43.0 Å². The number of hydrogen-bond acceptors (Lipinski definition) is 6. The number of ether oxygens (including phenoxy) is 1. The Bertz CT molecular complexity index is 879. The Morgan fingerprint density at radius 2 is 1.72 bits per heavy atom. The second kappa shape index (κ2) is 10.5. The number of para-hydroxylation sites is 3. The molecule has 29 heavy (non-hydrogen) atoms. The van der Waals surface area contributed by atoms with Crippen molar-refractivity contribution in [2.24, 2.45) is 0 Å². The molecule has 3 N–H and O–H groups in total. The zero-order chi connectivity index (χ0) is 21.2. The Morgan fingerprint density at radius 3 is 2.45 bits per heavy atom. The molecule has 2 aromatic carbocycles. The zero-order valence-corrected chi connectivity index (χ0v) is 15.1. The summed E-state index contributed by atoms with van der Waals surface area (Å²) >= 11 is 0. The van der Waals surface area contributed by atoms with Gasteiger partial charge < -0.3 is 20.7 Å². The lowest BCUT2D eigenvalue weighted by Crippen LogP contribution is -2.38. The normalized spacial score (nSPS) is 10.3. The number of alkyl halides is 2. The first-order valence-electron chi connectivity index (χ1n) is 8.44. The molecule has 0 heterocycles. The van der Waals surface area contributed by atoms with Crippen molar-refractivity contribution in [2.75, 3.05) is 25.0 Å². The van der Waals surface area contributed by atoms with Crippen LogP contribution in [0.3, 0.4) is 0 Å². The lowest BCUT2D eigenvalue weighted by molar-refractivity contribution is -0.384. The van der Waals surface area contributed by atoms with Crippen LogP contribution in [0.15, 0.2) is 48.5 Å². The number of halogens is 2. The van der Waals surface area contributed by atoms with E-state index in [9.17, 15) is 28.5 Å². The van der Waals surface area contributed by atoms with Crippen molar-refractivity contribution in [3.63, 3.8) is 0 Å². The maximum Gasteiger partial charge on any atom is 0.387 e. The van der Waals surface area contributed by atoms with Gasteiger partial charge in [0, 0.05) is 19.2 Å². The summed E-state index contributed by atoms with van der Waals surface area (Å²) in [7, 11) is 0. The van der Waals surface area contributed by atoms with Gasteiger partial charge >= 0.3 is 6.61 Å². The summed E-state index contributed by atoms with van der Waals surface area (Å²) < 4.78 is 29.0. The molecule has 2 amide bonds. The largest absolute Gasteiger partial charge is 0.434 e. The standard InChI is InChI=1S/C18H18F2N4O5/c19-18(20)29-15-8-4-1-5-12(15)17(26)23-11-16(25)22-10-9-21-13-6-2-3-7-14(13)24(27)28/h1-8,18,21H,9-11H2,(H,22,25)(H,23,26). The Kier molecular flexibility index (Phi) is 7.83. The van der Waals surface area contributed by atoms with Crippen molar-refractivity contribution in [3.05, 3.63) is 64.2 Å². The third kappa shape index (κ3) is 6.72. The van der Waals surface area contributed by atoms with Crippen LogP contribution in [0.25, 0.3) is 0 Å². The van der Waals surface area contributed by atoms with Crippen molar-refractivity contribution in [1.29, 1.82) is 0 Å². The van der Waals surface area contributed by atoms with Crippen LogP contribution in [0.5, 0.6) is 5.75 Å². The molecule has 0 aliphatic rings. The van der Waals surface area contributed by atoms with Crippen molar-refractivity contribution in [1.82, 2.24) is 10.6 Å². The van der Waals surface area contributed by atoms with Crippen LogP contribution < -0.4 is 20.7 Å². The summed E-state index contributed by atoms with van der Waals surface area (Å²) in [4.78, 5) is 34.3. The van der Waals surface area contributed by atoms with Crippen LogP contribution in [0.1, 0.15) is 10.4 Å². The number of nitro groups is 1. The number of nitro benzene ring substituents is 1. The van der Waals surface area contributed by atoms with Gasteiger partial charge in [0.2, 0.25) is 5.91 Å². The highest BCUT2D eigenvalue weighted by Crippen LogP contribution is 2.22. The molecule has 11 heteroatoms. The van der Waals surface area contributed by atoms with Gasteiger partial charge in [0.25, 0.3) is 11.6 Å². The van der Waals surface area contributed by atoms with Gasteiger partial charge in [0.15, 0.2) is 0 Å². The average molecular weight is 408 g/mol. The third-order valence-electron chi connectivity index (χ3n) is 3.62. The van der Waals surface area contributed by atoms with Crippen molar-refractivity contribution in [2.45, 2.75) is 6.61 Å². The van der Waals surface area contributed by atoms with E-state index in [4.69, 9.17) is 0 Å². The minimum Gasteiger partial charge on any atom is -0.434 e. The Balaban J connectivity index is 1.77. The van der Waals surface area contributed by atoms with Crippen molar-refractivity contribution >= 4 is 23.2 Å². The number of carbonyl (C=O) groups is 2. The van der Waals surface area contributed by atoms with Gasteiger partial charge in [-0.25, -0.2) is 0 Å². The summed E-state index contributed by atoms with van der Waals surface area (Å²) in [5.74, 6) is -1.56. The molecule has 0 spiro atoms. The fraction of sp³-hybridized carbons (Fsp3) is 0.222. The number of anilines is 1. The van der Waals surface area contributed by atoms with Crippen LogP contribution >= 0.6 is 0 Å². The van der Waals surface area contributed by atoms with E-state index in [1.165, 1.54) is 36.4 Å². The monoisotopic (exact) mass is 408 g/mol. The lowest BCUT2D eigenvalue weighted by atomic mass is 10.2. The first-order chi connectivity index (χ1) is 13.9. The first kappa shape index (κ1) is 21.5. The summed E-state index contributed by atoms with van der Waals surface area (Å²) in [6, 6.07) is 11.5. The minimum absolute atomic E-state index is 0.0872. The number of benzene rings is 2. The molecule has 0 bridgehead atoms. The lowest BCUT2D eigenvalue weighted by Gasteiger charge is -2.11. The minimum atomic E-state index is -3.08. The summed E-state index contributed by atoms with van der Waals surface area (Å²) in [6.45, 7) is -3.10. The maximum atomic E-state index is 12.4. The van der Waals surface area contributed by atoms with E-state index < -0.39 is 23.3 Å². The number of hydrogen-bond donors (Lipinski definition) is 3. The van der Waals surface area contributed by atoms with Crippen LogP contribution in [-0.2, 0) is 4.79 Å². The summed E-state index contributed by atoms with van der Waals surface area (Å²) in [5, 5.41) is 18.6. The topological polar surface area (TPSA) is 123 Å². The SMILES string of the molecule is O=C(CNC(=O)c1ccccc1OC(F)F)NCCNc1ccccc1[N+](=O)[O-]. The molecule has 0 fully saturated rings. The zero-order valence-electron chi connectivity index (χ0n) is 15.1. The summed E-state index contributed by atoms with van der Waals surface area (Å²) in [6.07, 6.45) is 0. The first-order valence-corrected chi connectivity index (χ1v) is 8.44. The Hall–Kier alpha value is -3.76. The molecular formula is C18H18F2N4O5. The molecule has 0 aliphatic carbocycles. The van der Waals surface area contributed by atoms with E-state index >= 15 is 0 Å². The molecule has 0 atom stereocenters. The van der Waals surface area contributed by atoms with Gasteiger partial charge in [-0.3, -0.25) is 19.7 Å². The highest BCUT2D eigenvalue weighted by Gasteiger charge is 2.16.